The molecule has 0 bridgehead atoms. The summed E-state index contributed by atoms with van der Waals surface area (Å²) in [5.41, 5.74) is 2.28. The van der Waals surface area contributed by atoms with E-state index >= 15 is 0 Å². The second-order valence-corrected chi connectivity index (χ2v) is 8.18. The summed E-state index contributed by atoms with van der Waals surface area (Å²) in [5, 5.41) is 0. The van der Waals surface area contributed by atoms with Gasteiger partial charge in [-0.15, -0.1) is 0 Å². The van der Waals surface area contributed by atoms with Crippen LogP contribution in [-0.2, 0) is 27.5 Å². The van der Waals surface area contributed by atoms with Gasteiger partial charge < -0.3 is 18.9 Å². The van der Waals surface area contributed by atoms with Crippen LogP contribution in [0.4, 0.5) is 4.39 Å². The first kappa shape index (κ1) is 24.4. The van der Waals surface area contributed by atoms with Gasteiger partial charge in [0.1, 0.15) is 23.9 Å². The van der Waals surface area contributed by atoms with Crippen molar-refractivity contribution in [2.45, 2.75) is 45.7 Å². The lowest BCUT2D eigenvalue weighted by atomic mass is 10.1. The van der Waals surface area contributed by atoms with E-state index in [0.717, 1.165) is 12.0 Å². The molecule has 6 nitrogen and oxygen atoms in total. The van der Waals surface area contributed by atoms with Crippen LogP contribution in [0, 0.1) is 5.82 Å². The highest BCUT2D eigenvalue weighted by Gasteiger charge is 2.25. The van der Waals surface area contributed by atoms with Gasteiger partial charge in [-0.2, -0.15) is 0 Å². The number of rotatable bonds is 10. The highest BCUT2D eigenvalue weighted by molar-refractivity contribution is 5.97. The zero-order chi connectivity index (χ0) is 24.6. The number of halogens is 1. The molecule has 0 spiro atoms. The van der Waals surface area contributed by atoms with Crippen molar-refractivity contribution < 1.29 is 32.9 Å². The maximum absolute atomic E-state index is 14.1. The van der Waals surface area contributed by atoms with Crippen molar-refractivity contribution in [2.75, 3.05) is 6.61 Å². The Morgan fingerprint density at radius 3 is 2.54 bits per heavy atom. The van der Waals surface area contributed by atoms with Crippen LogP contribution in [-0.4, -0.2) is 18.4 Å². The highest BCUT2D eigenvalue weighted by atomic mass is 19.1. The number of hydrogen-bond donors (Lipinski definition) is 0. The molecule has 0 saturated heterocycles. The van der Waals surface area contributed by atoms with E-state index in [1.807, 2.05) is 37.3 Å². The molecule has 1 aliphatic heterocycles. The molecule has 0 aromatic heterocycles. The Morgan fingerprint density at radius 1 is 1.03 bits per heavy atom. The van der Waals surface area contributed by atoms with Crippen LogP contribution >= 0.6 is 0 Å². The van der Waals surface area contributed by atoms with Crippen molar-refractivity contribution in [3.05, 3.63) is 94.8 Å². The molecule has 4 rings (SSSR count). The average molecular weight is 479 g/mol. The van der Waals surface area contributed by atoms with Crippen molar-refractivity contribution in [1.82, 2.24) is 0 Å². The third-order valence-corrected chi connectivity index (χ3v) is 5.49. The first-order valence-corrected chi connectivity index (χ1v) is 11.6. The molecular formula is C28H27FO6. The molecule has 3 aromatic carbocycles. The van der Waals surface area contributed by atoms with Crippen molar-refractivity contribution in [1.29, 1.82) is 0 Å². The van der Waals surface area contributed by atoms with E-state index in [1.54, 1.807) is 24.3 Å². The lowest BCUT2D eigenvalue weighted by Gasteiger charge is -2.28. The molecule has 0 unspecified atom stereocenters. The number of carbonyl (C=O) groups is 2. The SMILES string of the molecule is CCCOc1ccc(C(=O)CCC(=O)OCc2cc(F)cc3c2O[C@@H](c2ccccc2)OC3)cc1. The summed E-state index contributed by atoms with van der Waals surface area (Å²) in [5.74, 6) is -0.0462. The van der Waals surface area contributed by atoms with E-state index in [-0.39, 0.29) is 31.8 Å². The molecule has 3 aromatic rings. The Kier molecular flexibility index (Phi) is 8.11. The standard InChI is InChI=1S/C28H27FO6/c1-2-14-32-24-10-8-19(9-11-24)25(30)12-13-26(31)33-17-21-15-23(29)16-22-18-34-28(35-27(21)22)20-6-4-3-5-7-20/h3-11,15-16,28H,2,12-14,17-18H2,1H3/t28-/m0/s1. The Balaban J connectivity index is 1.33. The molecule has 182 valence electrons. The Hall–Kier alpha value is -3.71. The molecule has 0 amide bonds. The first-order valence-electron chi connectivity index (χ1n) is 11.6. The average Bonchev–Trinajstić information content (AvgIpc) is 2.89. The number of carbonyl (C=O) groups excluding carboxylic acids is 2. The van der Waals surface area contributed by atoms with Crippen molar-refractivity contribution >= 4 is 11.8 Å². The summed E-state index contributed by atoms with van der Waals surface area (Å²) in [6.45, 7) is 2.63. The van der Waals surface area contributed by atoms with Gasteiger partial charge in [-0.1, -0.05) is 37.3 Å². The molecule has 0 N–H and O–H groups in total. The fourth-order valence-corrected chi connectivity index (χ4v) is 3.71. The minimum absolute atomic E-state index is 0.00960. The molecule has 1 heterocycles. The summed E-state index contributed by atoms with van der Waals surface area (Å²) >= 11 is 0. The molecule has 1 aliphatic rings. The van der Waals surface area contributed by atoms with Crippen molar-refractivity contribution in [2.24, 2.45) is 0 Å². The topological polar surface area (TPSA) is 71.1 Å². The smallest absolute Gasteiger partial charge is 0.306 e. The lowest BCUT2D eigenvalue weighted by Crippen LogP contribution is -2.20. The largest absolute Gasteiger partial charge is 0.494 e. The molecule has 7 heteroatoms. The van der Waals surface area contributed by atoms with Gasteiger partial charge in [0, 0.05) is 28.7 Å². The van der Waals surface area contributed by atoms with Gasteiger partial charge >= 0.3 is 5.97 Å². The van der Waals surface area contributed by atoms with Gasteiger partial charge in [-0.05, 0) is 42.8 Å². The fourth-order valence-electron chi connectivity index (χ4n) is 3.71. The number of benzene rings is 3. The van der Waals surface area contributed by atoms with Gasteiger partial charge in [0.05, 0.1) is 19.6 Å². The molecule has 1 atom stereocenters. The summed E-state index contributed by atoms with van der Waals surface area (Å²) in [7, 11) is 0. The van der Waals surface area contributed by atoms with Crippen LogP contribution < -0.4 is 9.47 Å². The zero-order valence-electron chi connectivity index (χ0n) is 19.5. The minimum atomic E-state index is -0.639. The first-order chi connectivity index (χ1) is 17.0. The van der Waals surface area contributed by atoms with Gasteiger partial charge in [0.15, 0.2) is 5.78 Å². The van der Waals surface area contributed by atoms with E-state index in [1.165, 1.54) is 12.1 Å². The van der Waals surface area contributed by atoms with Gasteiger partial charge in [-0.3, -0.25) is 9.59 Å². The predicted molar refractivity (Wildman–Crippen MR) is 127 cm³/mol. The second-order valence-electron chi connectivity index (χ2n) is 8.18. The fraction of sp³-hybridized carbons (Fsp3) is 0.286. The third-order valence-electron chi connectivity index (χ3n) is 5.49. The number of esters is 1. The van der Waals surface area contributed by atoms with Crippen LogP contribution in [0.15, 0.2) is 66.7 Å². The summed E-state index contributed by atoms with van der Waals surface area (Å²) < 4.78 is 36.7. The molecule has 0 aliphatic carbocycles. The maximum atomic E-state index is 14.1. The van der Waals surface area contributed by atoms with Crippen LogP contribution in [0.2, 0.25) is 0 Å². The summed E-state index contributed by atoms with van der Waals surface area (Å²) in [6, 6.07) is 18.9. The number of fused-ring (bicyclic) bond motifs is 1. The summed E-state index contributed by atoms with van der Waals surface area (Å²) in [4.78, 5) is 24.7. The van der Waals surface area contributed by atoms with Gasteiger partial charge in [0.25, 0.3) is 0 Å². The molecular weight excluding hydrogens is 451 g/mol. The van der Waals surface area contributed by atoms with Crippen molar-refractivity contribution in [3.63, 3.8) is 0 Å². The third kappa shape index (κ3) is 6.45. The van der Waals surface area contributed by atoms with Gasteiger partial charge in [0.2, 0.25) is 6.29 Å². The van der Waals surface area contributed by atoms with E-state index < -0.39 is 18.1 Å². The Bertz CT molecular complexity index is 1160. The molecule has 35 heavy (non-hydrogen) atoms. The van der Waals surface area contributed by atoms with Crippen LogP contribution in [0.3, 0.4) is 0 Å². The Morgan fingerprint density at radius 2 is 1.80 bits per heavy atom. The minimum Gasteiger partial charge on any atom is -0.494 e. The van der Waals surface area contributed by atoms with Crippen LogP contribution in [0.25, 0.3) is 0 Å². The van der Waals surface area contributed by atoms with E-state index in [4.69, 9.17) is 18.9 Å². The predicted octanol–water partition coefficient (Wildman–Crippen LogP) is 5.93. The van der Waals surface area contributed by atoms with Crippen LogP contribution in [0.1, 0.15) is 59.5 Å². The summed E-state index contributed by atoms with van der Waals surface area (Å²) in [6.07, 6.45) is 0.186. The Labute approximate surface area is 203 Å². The zero-order valence-corrected chi connectivity index (χ0v) is 19.5. The van der Waals surface area contributed by atoms with Crippen molar-refractivity contribution in [3.8, 4) is 11.5 Å². The highest BCUT2D eigenvalue weighted by Crippen LogP contribution is 2.36. The second kappa shape index (κ2) is 11.6. The number of hydrogen-bond acceptors (Lipinski definition) is 6. The molecule has 0 saturated carbocycles. The maximum Gasteiger partial charge on any atom is 0.306 e. The molecule has 0 fully saturated rings. The van der Waals surface area contributed by atoms with E-state index in [2.05, 4.69) is 0 Å². The lowest BCUT2D eigenvalue weighted by molar-refractivity contribution is -0.145. The van der Waals surface area contributed by atoms with E-state index in [0.29, 0.717) is 34.8 Å². The van der Waals surface area contributed by atoms with Gasteiger partial charge in [-0.25, -0.2) is 4.39 Å². The number of ketones is 1. The molecule has 0 radical (unpaired) electrons. The monoisotopic (exact) mass is 478 g/mol. The van der Waals surface area contributed by atoms with E-state index in [9.17, 15) is 14.0 Å². The normalized spacial score (nSPS) is 14.5. The quantitative estimate of drug-likeness (QED) is 0.266. The number of Topliss-reactive ketones (excluding diaryl/α,β-unsaturated/α-hetero) is 1. The van der Waals surface area contributed by atoms with Crippen LogP contribution in [0.5, 0.6) is 11.5 Å². The number of ether oxygens (including phenoxy) is 4.